The molecular weight excluding hydrogens is 230 g/mol. The highest BCUT2D eigenvalue weighted by Gasteiger charge is 2.14. The third-order valence-corrected chi connectivity index (χ3v) is 2.62. The molecule has 0 aliphatic heterocycles. The van der Waals surface area contributed by atoms with Gasteiger partial charge in [0.25, 0.3) is 0 Å². The zero-order valence-corrected chi connectivity index (χ0v) is 9.87. The van der Waals surface area contributed by atoms with Crippen molar-refractivity contribution in [2.24, 2.45) is 5.73 Å². The first-order valence-corrected chi connectivity index (χ1v) is 5.75. The van der Waals surface area contributed by atoms with Crippen molar-refractivity contribution in [2.45, 2.75) is 18.9 Å². The molecule has 94 valence electrons. The van der Waals surface area contributed by atoms with Gasteiger partial charge in [0, 0.05) is 0 Å². The zero-order chi connectivity index (χ0) is 12.8. The second kappa shape index (κ2) is 5.97. The lowest BCUT2D eigenvalue weighted by molar-refractivity contribution is -0.117. The summed E-state index contributed by atoms with van der Waals surface area (Å²) in [6.07, 6.45) is 4.17. The standard InChI is InChI=1S/C13H15N3O2/c14-12(7-6-10-4-2-1-3-5-10)13(17)16-11-8-15-18-9-11/h1-5,8-9,12H,6-7,14H2,(H,16,17)/t12-/m0/s1. The van der Waals surface area contributed by atoms with Crippen LogP contribution in [-0.4, -0.2) is 17.1 Å². The summed E-state index contributed by atoms with van der Waals surface area (Å²) >= 11 is 0. The molecule has 5 heteroatoms. The van der Waals surface area contributed by atoms with Gasteiger partial charge in [-0.2, -0.15) is 0 Å². The number of hydrogen-bond donors (Lipinski definition) is 2. The van der Waals surface area contributed by atoms with Crippen molar-refractivity contribution in [3.63, 3.8) is 0 Å². The van der Waals surface area contributed by atoms with Crippen LogP contribution in [0.3, 0.4) is 0 Å². The monoisotopic (exact) mass is 245 g/mol. The van der Waals surface area contributed by atoms with Gasteiger partial charge in [0.2, 0.25) is 5.91 Å². The summed E-state index contributed by atoms with van der Waals surface area (Å²) in [5, 5.41) is 6.14. The summed E-state index contributed by atoms with van der Waals surface area (Å²) in [7, 11) is 0. The van der Waals surface area contributed by atoms with Crippen LogP contribution < -0.4 is 11.1 Å². The first-order valence-electron chi connectivity index (χ1n) is 5.75. The molecule has 1 aromatic heterocycles. The number of aryl methyl sites for hydroxylation is 1. The van der Waals surface area contributed by atoms with E-state index in [-0.39, 0.29) is 5.91 Å². The number of aromatic nitrogens is 1. The molecule has 0 aliphatic carbocycles. The lowest BCUT2D eigenvalue weighted by Gasteiger charge is -2.10. The van der Waals surface area contributed by atoms with Crippen molar-refractivity contribution in [2.75, 3.05) is 5.32 Å². The number of nitrogens with two attached hydrogens (primary N) is 1. The van der Waals surface area contributed by atoms with Crippen LogP contribution in [0, 0.1) is 0 Å². The maximum Gasteiger partial charge on any atom is 0.241 e. The Kier molecular flexibility index (Phi) is 4.09. The van der Waals surface area contributed by atoms with E-state index in [2.05, 4.69) is 15.0 Å². The van der Waals surface area contributed by atoms with Crippen LogP contribution in [-0.2, 0) is 11.2 Å². The van der Waals surface area contributed by atoms with Gasteiger partial charge in [-0.05, 0) is 18.4 Å². The van der Waals surface area contributed by atoms with Crippen LogP contribution in [0.15, 0.2) is 47.3 Å². The Morgan fingerprint density at radius 2 is 2.17 bits per heavy atom. The summed E-state index contributed by atoms with van der Waals surface area (Å²) in [6, 6.07) is 9.40. The van der Waals surface area contributed by atoms with Crippen molar-refractivity contribution >= 4 is 11.6 Å². The first-order chi connectivity index (χ1) is 8.75. The molecule has 0 spiro atoms. The zero-order valence-electron chi connectivity index (χ0n) is 9.87. The second-order valence-corrected chi connectivity index (χ2v) is 4.03. The Morgan fingerprint density at radius 3 is 2.83 bits per heavy atom. The molecule has 0 saturated carbocycles. The van der Waals surface area contributed by atoms with Crippen LogP contribution in [0.1, 0.15) is 12.0 Å². The van der Waals surface area contributed by atoms with Crippen LogP contribution in [0.25, 0.3) is 0 Å². The summed E-state index contributed by atoms with van der Waals surface area (Å²) < 4.78 is 4.62. The van der Waals surface area contributed by atoms with E-state index in [1.54, 1.807) is 0 Å². The van der Waals surface area contributed by atoms with Gasteiger partial charge < -0.3 is 15.6 Å². The van der Waals surface area contributed by atoms with Crippen molar-refractivity contribution < 1.29 is 9.32 Å². The second-order valence-electron chi connectivity index (χ2n) is 4.03. The van der Waals surface area contributed by atoms with Gasteiger partial charge in [-0.25, -0.2) is 0 Å². The SMILES string of the molecule is N[C@@H](CCc1ccccc1)C(=O)Nc1cnoc1. The molecule has 0 unspecified atom stereocenters. The predicted octanol–water partition coefficient (Wildman–Crippen LogP) is 1.57. The highest BCUT2D eigenvalue weighted by atomic mass is 16.5. The lowest BCUT2D eigenvalue weighted by Crippen LogP contribution is -2.35. The molecular formula is C13H15N3O2. The quantitative estimate of drug-likeness (QED) is 0.837. The molecule has 0 fully saturated rings. The molecule has 1 aromatic carbocycles. The van der Waals surface area contributed by atoms with Crippen molar-refractivity contribution in [1.29, 1.82) is 0 Å². The number of carbonyl (C=O) groups is 1. The normalized spacial score (nSPS) is 12.1. The Hall–Kier alpha value is -2.14. The lowest BCUT2D eigenvalue weighted by atomic mass is 10.1. The molecule has 2 aromatic rings. The summed E-state index contributed by atoms with van der Waals surface area (Å²) in [5.74, 6) is -0.228. The van der Waals surface area contributed by atoms with Gasteiger partial charge >= 0.3 is 0 Å². The molecule has 5 nitrogen and oxygen atoms in total. The number of rotatable bonds is 5. The van der Waals surface area contributed by atoms with Gasteiger partial charge in [0.15, 0.2) is 0 Å². The number of benzene rings is 1. The average molecular weight is 245 g/mol. The van der Waals surface area contributed by atoms with Crippen molar-refractivity contribution in [3.05, 3.63) is 48.4 Å². The van der Waals surface area contributed by atoms with E-state index < -0.39 is 6.04 Å². The molecule has 0 radical (unpaired) electrons. The largest absolute Gasteiger partial charge is 0.363 e. The van der Waals surface area contributed by atoms with Crippen LogP contribution in [0.5, 0.6) is 0 Å². The molecule has 2 rings (SSSR count). The fourth-order valence-electron chi connectivity index (χ4n) is 1.60. The van der Waals surface area contributed by atoms with Crippen LogP contribution >= 0.6 is 0 Å². The van der Waals surface area contributed by atoms with E-state index in [0.29, 0.717) is 12.1 Å². The predicted molar refractivity (Wildman–Crippen MR) is 67.9 cm³/mol. The average Bonchev–Trinajstić information content (AvgIpc) is 2.90. The van der Waals surface area contributed by atoms with E-state index >= 15 is 0 Å². The fraction of sp³-hybridized carbons (Fsp3) is 0.231. The highest BCUT2D eigenvalue weighted by molar-refractivity contribution is 5.94. The number of amides is 1. The minimum absolute atomic E-state index is 0.228. The first kappa shape index (κ1) is 12.3. The maximum absolute atomic E-state index is 11.7. The van der Waals surface area contributed by atoms with Gasteiger partial charge in [-0.3, -0.25) is 4.79 Å². The summed E-state index contributed by atoms with van der Waals surface area (Å²) in [5.41, 5.74) is 7.51. The summed E-state index contributed by atoms with van der Waals surface area (Å²) in [6.45, 7) is 0. The molecule has 1 heterocycles. The Labute approximate surface area is 105 Å². The van der Waals surface area contributed by atoms with Crippen LogP contribution in [0.2, 0.25) is 0 Å². The third-order valence-electron chi connectivity index (χ3n) is 2.62. The van der Waals surface area contributed by atoms with Gasteiger partial charge in [-0.1, -0.05) is 35.5 Å². The number of hydrogen-bond acceptors (Lipinski definition) is 4. The molecule has 0 bridgehead atoms. The summed E-state index contributed by atoms with van der Waals surface area (Å²) in [4.78, 5) is 11.7. The van der Waals surface area contributed by atoms with E-state index in [1.807, 2.05) is 30.3 Å². The van der Waals surface area contributed by atoms with E-state index in [9.17, 15) is 4.79 Å². The molecule has 18 heavy (non-hydrogen) atoms. The van der Waals surface area contributed by atoms with E-state index in [0.717, 1.165) is 6.42 Å². The Morgan fingerprint density at radius 1 is 1.39 bits per heavy atom. The van der Waals surface area contributed by atoms with Gasteiger partial charge in [0.1, 0.15) is 12.0 Å². The molecule has 1 amide bonds. The number of anilines is 1. The Bertz CT molecular complexity index is 482. The maximum atomic E-state index is 11.7. The molecule has 0 aliphatic rings. The van der Waals surface area contributed by atoms with E-state index in [4.69, 9.17) is 5.73 Å². The van der Waals surface area contributed by atoms with Gasteiger partial charge in [0.05, 0.1) is 12.2 Å². The smallest absolute Gasteiger partial charge is 0.241 e. The van der Waals surface area contributed by atoms with Crippen molar-refractivity contribution in [1.82, 2.24) is 5.16 Å². The topological polar surface area (TPSA) is 81.2 Å². The van der Waals surface area contributed by atoms with Crippen LogP contribution in [0.4, 0.5) is 5.69 Å². The number of nitrogens with zero attached hydrogens (tertiary/aromatic N) is 1. The number of nitrogens with one attached hydrogen (secondary N) is 1. The minimum atomic E-state index is -0.542. The Balaban J connectivity index is 1.81. The minimum Gasteiger partial charge on any atom is -0.363 e. The fourth-order valence-corrected chi connectivity index (χ4v) is 1.60. The molecule has 0 saturated heterocycles. The molecule has 1 atom stereocenters. The third kappa shape index (κ3) is 3.43. The van der Waals surface area contributed by atoms with Crippen molar-refractivity contribution in [3.8, 4) is 0 Å². The van der Waals surface area contributed by atoms with Gasteiger partial charge in [-0.15, -0.1) is 0 Å². The van der Waals surface area contributed by atoms with E-state index in [1.165, 1.54) is 18.0 Å². The molecule has 3 N–H and O–H groups in total. The number of carbonyl (C=O) groups excluding carboxylic acids is 1. The highest BCUT2D eigenvalue weighted by Crippen LogP contribution is 2.07.